The average Bonchev–Trinajstić information content (AvgIpc) is 2.39. The quantitative estimate of drug-likeness (QED) is 0.836. The maximum absolute atomic E-state index is 12.4. The molecule has 1 N–H and O–H groups in total. The summed E-state index contributed by atoms with van der Waals surface area (Å²) in [6.07, 6.45) is 9.37. The van der Waals surface area contributed by atoms with E-state index in [0.717, 1.165) is 19.6 Å². The molecule has 0 aromatic carbocycles. The molecule has 2 fully saturated rings. The van der Waals surface area contributed by atoms with Crippen molar-refractivity contribution < 1.29 is 4.79 Å². The maximum Gasteiger partial charge on any atom is 0.226 e. The number of piperidine rings is 1. The molecule has 1 heterocycles. The highest BCUT2D eigenvalue weighted by atomic mass is 16.2. The second-order valence-electron chi connectivity index (χ2n) is 6.38. The Morgan fingerprint density at radius 2 is 1.89 bits per heavy atom. The topological polar surface area (TPSA) is 32.3 Å². The number of nitrogens with zero attached hydrogens (tertiary/aromatic N) is 1. The Morgan fingerprint density at radius 1 is 1.22 bits per heavy atom. The monoisotopic (exact) mass is 252 g/mol. The summed E-state index contributed by atoms with van der Waals surface area (Å²) < 4.78 is 0. The normalized spacial score (nSPS) is 25.1. The predicted octanol–water partition coefficient (Wildman–Crippen LogP) is 2.41. The van der Waals surface area contributed by atoms with Crippen LogP contribution in [0, 0.1) is 11.3 Å². The van der Waals surface area contributed by atoms with Gasteiger partial charge in [0.05, 0.1) is 0 Å². The van der Waals surface area contributed by atoms with E-state index >= 15 is 0 Å². The van der Waals surface area contributed by atoms with Gasteiger partial charge in [-0.25, -0.2) is 0 Å². The molecule has 1 spiro atoms. The lowest BCUT2D eigenvalue weighted by Crippen LogP contribution is -2.49. The van der Waals surface area contributed by atoms with Crippen LogP contribution >= 0.6 is 0 Å². The number of likely N-dealkylation sites (tertiary alicyclic amines) is 1. The molecule has 1 aliphatic heterocycles. The molecular weight excluding hydrogens is 224 g/mol. The molecule has 0 aromatic rings. The zero-order valence-corrected chi connectivity index (χ0v) is 12.0. The Bertz CT molecular complexity index is 279. The third kappa shape index (κ3) is 3.05. The molecule has 18 heavy (non-hydrogen) atoms. The van der Waals surface area contributed by atoms with Gasteiger partial charge in [0.25, 0.3) is 0 Å². The van der Waals surface area contributed by atoms with Crippen molar-refractivity contribution in [2.75, 3.05) is 26.7 Å². The van der Waals surface area contributed by atoms with E-state index in [2.05, 4.69) is 10.2 Å². The van der Waals surface area contributed by atoms with Gasteiger partial charge in [0.15, 0.2) is 0 Å². The van der Waals surface area contributed by atoms with Gasteiger partial charge >= 0.3 is 0 Å². The Morgan fingerprint density at radius 3 is 2.56 bits per heavy atom. The minimum Gasteiger partial charge on any atom is -0.342 e. The van der Waals surface area contributed by atoms with Crippen LogP contribution in [-0.2, 0) is 4.79 Å². The second-order valence-corrected chi connectivity index (χ2v) is 6.38. The first-order valence-electron chi connectivity index (χ1n) is 7.60. The second kappa shape index (κ2) is 6.05. The standard InChI is InChI=1S/C15H28N2O/c1-13(11-16-2)14(18)17-10-6-9-15(12-17)7-4-3-5-8-15/h13,16H,3-12H2,1-2H3. The van der Waals surface area contributed by atoms with Crippen LogP contribution in [0.25, 0.3) is 0 Å². The van der Waals surface area contributed by atoms with E-state index in [0.29, 0.717) is 11.3 Å². The third-order valence-electron chi connectivity index (χ3n) is 4.82. The van der Waals surface area contributed by atoms with E-state index in [1.54, 1.807) is 0 Å². The molecule has 0 aromatic heterocycles. The lowest BCUT2D eigenvalue weighted by Gasteiger charge is -2.46. The number of amides is 1. The summed E-state index contributed by atoms with van der Waals surface area (Å²) in [4.78, 5) is 14.5. The van der Waals surface area contributed by atoms with E-state index < -0.39 is 0 Å². The number of hydrogen-bond donors (Lipinski definition) is 1. The van der Waals surface area contributed by atoms with Gasteiger partial charge in [-0.3, -0.25) is 4.79 Å². The first-order chi connectivity index (χ1) is 8.67. The Kier molecular flexibility index (Phi) is 4.66. The molecule has 0 radical (unpaired) electrons. The number of carbonyl (C=O) groups is 1. The lowest BCUT2D eigenvalue weighted by atomic mass is 9.69. The fourth-order valence-corrected chi connectivity index (χ4v) is 3.81. The zero-order valence-electron chi connectivity index (χ0n) is 12.0. The Balaban J connectivity index is 1.95. The molecule has 1 saturated carbocycles. The molecule has 1 unspecified atom stereocenters. The van der Waals surface area contributed by atoms with Gasteiger partial charge in [-0.2, -0.15) is 0 Å². The van der Waals surface area contributed by atoms with Crippen LogP contribution < -0.4 is 5.32 Å². The van der Waals surface area contributed by atoms with Gasteiger partial charge in [0.1, 0.15) is 0 Å². The highest BCUT2D eigenvalue weighted by Crippen LogP contribution is 2.43. The minimum atomic E-state index is 0.119. The number of hydrogen-bond acceptors (Lipinski definition) is 2. The van der Waals surface area contributed by atoms with Gasteiger partial charge < -0.3 is 10.2 Å². The van der Waals surface area contributed by atoms with E-state index in [4.69, 9.17) is 0 Å². The average molecular weight is 252 g/mol. The smallest absolute Gasteiger partial charge is 0.226 e. The molecule has 3 heteroatoms. The first-order valence-corrected chi connectivity index (χ1v) is 7.60. The zero-order chi connectivity index (χ0) is 13.0. The Hall–Kier alpha value is -0.570. The van der Waals surface area contributed by atoms with E-state index in [9.17, 15) is 4.79 Å². The summed E-state index contributed by atoms with van der Waals surface area (Å²) in [5.74, 6) is 0.475. The van der Waals surface area contributed by atoms with E-state index in [1.165, 1.54) is 44.9 Å². The molecule has 0 bridgehead atoms. The van der Waals surface area contributed by atoms with Crippen LogP contribution in [0.3, 0.4) is 0 Å². The molecule has 3 nitrogen and oxygen atoms in total. The largest absolute Gasteiger partial charge is 0.342 e. The summed E-state index contributed by atoms with van der Waals surface area (Å²) in [5, 5.41) is 3.11. The maximum atomic E-state index is 12.4. The van der Waals surface area contributed by atoms with Crippen molar-refractivity contribution in [1.29, 1.82) is 0 Å². The molecule has 104 valence electrons. The molecular formula is C15H28N2O. The van der Waals surface area contributed by atoms with Gasteiger partial charge in [-0.15, -0.1) is 0 Å². The summed E-state index contributed by atoms with van der Waals surface area (Å²) in [6.45, 7) is 4.85. The van der Waals surface area contributed by atoms with Crippen molar-refractivity contribution in [2.45, 2.75) is 51.9 Å². The summed E-state index contributed by atoms with van der Waals surface area (Å²) >= 11 is 0. The summed E-state index contributed by atoms with van der Waals surface area (Å²) in [7, 11) is 1.92. The summed E-state index contributed by atoms with van der Waals surface area (Å²) in [6, 6.07) is 0. The highest BCUT2D eigenvalue weighted by Gasteiger charge is 2.38. The minimum absolute atomic E-state index is 0.119. The van der Waals surface area contributed by atoms with Crippen molar-refractivity contribution in [1.82, 2.24) is 10.2 Å². The third-order valence-corrected chi connectivity index (χ3v) is 4.82. The van der Waals surface area contributed by atoms with Crippen LogP contribution in [0.5, 0.6) is 0 Å². The fourth-order valence-electron chi connectivity index (χ4n) is 3.81. The highest BCUT2D eigenvalue weighted by molar-refractivity contribution is 5.78. The molecule has 1 atom stereocenters. The molecule has 2 aliphatic rings. The first kappa shape index (κ1) is 13.9. The SMILES string of the molecule is CNCC(C)C(=O)N1CCCC2(CCCCC2)C1. The van der Waals surface area contributed by atoms with E-state index in [-0.39, 0.29) is 5.92 Å². The van der Waals surface area contributed by atoms with Crippen LogP contribution in [0.4, 0.5) is 0 Å². The van der Waals surface area contributed by atoms with Crippen molar-refractivity contribution in [2.24, 2.45) is 11.3 Å². The van der Waals surface area contributed by atoms with Gasteiger partial charge in [0, 0.05) is 25.6 Å². The van der Waals surface area contributed by atoms with Gasteiger partial charge in [-0.05, 0) is 38.1 Å². The van der Waals surface area contributed by atoms with Gasteiger partial charge in [-0.1, -0.05) is 26.2 Å². The number of nitrogens with one attached hydrogen (secondary N) is 1. The Labute approximate surface area is 111 Å². The van der Waals surface area contributed by atoms with Crippen molar-refractivity contribution >= 4 is 5.91 Å². The summed E-state index contributed by atoms with van der Waals surface area (Å²) in [5.41, 5.74) is 0.478. The lowest BCUT2D eigenvalue weighted by molar-refractivity contribution is -0.139. The predicted molar refractivity (Wildman–Crippen MR) is 74.4 cm³/mol. The van der Waals surface area contributed by atoms with Crippen molar-refractivity contribution in [3.05, 3.63) is 0 Å². The van der Waals surface area contributed by atoms with Crippen molar-refractivity contribution in [3.63, 3.8) is 0 Å². The molecule has 1 saturated heterocycles. The van der Waals surface area contributed by atoms with E-state index in [1.807, 2.05) is 14.0 Å². The van der Waals surface area contributed by atoms with Crippen LogP contribution in [0.2, 0.25) is 0 Å². The number of carbonyl (C=O) groups excluding carboxylic acids is 1. The van der Waals surface area contributed by atoms with Gasteiger partial charge in [0.2, 0.25) is 5.91 Å². The van der Waals surface area contributed by atoms with Crippen molar-refractivity contribution in [3.8, 4) is 0 Å². The molecule has 1 aliphatic carbocycles. The fraction of sp³-hybridized carbons (Fsp3) is 0.933. The molecule has 1 amide bonds. The van der Waals surface area contributed by atoms with Crippen LogP contribution in [0.15, 0.2) is 0 Å². The molecule has 2 rings (SSSR count). The number of rotatable bonds is 3. The van der Waals surface area contributed by atoms with Crippen LogP contribution in [0.1, 0.15) is 51.9 Å². The van der Waals surface area contributed by atoms with Crippen LogP contribution in [-0.4, -0.2) is 37.5 Å².